The standard InChI is InChI=1S/C16H19N2O3.HI/c1-11(2)21-16-10-14(12(3)9-15(16)18(19)20)13-5-7-17(4)8-6-13;/h5-11H,1-4H3;1H/q+1;. The molecule has 1 aromatic carbocycles. The van der Waals surface area contributed by atoms with Crippen LogP contribution in [0.15, 0.2) is 36.7 Å². The van der Waals surface area contributed by atoms with Gasteiger partial charge in [0.2, 0.25) is 0 Å². The molecule has 0 N–H and O–H groups in total. The van der Waals surface area contributed by atoms with Gasteiger partial charge in [0.1, 0.15) is 7.05 Å². The van der Waals surface area contributed by atoms with Crippen LogP contribution < -0.4 is 9.30 Å². The number of ether oxygens (including phenoxy) is 1. The van der Waals surface area contributed by atoms with Crippen molar-refractivity contribution in [3.05, 3.63) is 52.3 Å². The van der Waals surface area contributed by atoms with Gasteiger partial charge in [0.05, 0.1) is 11.0 Å². The monoisotopic (exact) mass is 415 g/mol. The Morgan fingerprint density at radius 3 is 2.32 bits per heavy atom. The third kappa shape index (κ3) is 4.16. The van der Waals surface area contributed by atoms with Gasteiger partial charge in [-0.3, -0.25) is 10.1 Å². The molecule has 0 aliphatic rings. The minimum absolute atomic E-state index is 0. The van der Waals surface area contributed by atoms with Gasteiger partial charge in [-0.1, -0.05) is 0 Å². The fraction of sp³-hybridized carbons (Fsp3) is 0.312. The number of hydrogen-bond acceptors (Lipinski definition) is 3. The van der Waals surface area contributed by atoms with E-state index in [9.17, 15) is 10.1 Å². The first-order valence-corrected chi connectivity index (χ1v) is 6.80. The Morgan fingerprint density at radius 2 is 1.82 bits per heavy atom. The number of nitro benzene ring substituents is 1. The molecule has 0 radical (unpaired) electrons. The number of aromatic nitrogens is 1. The van der Waals surface area contributed by atoms with Gasteiger partial charge in [-0.25, -0.2) is 4.57 Å². The van der Waals surface area contributed by atoms with Crippen LogP contribution in [0.2, 0.25) is 0 Å². The van der Waals surface area contributed by atoms with E-state index in [1.807, 2.05) is 56.9 Å². The second kappa shape index (κ2) is 7.53. The molecule has 0 bridgehead atoms. The van der Waals surface area contributed by atoms with Gasteiger partial charge in [-0.05, 0) is 43.5 Å². The highest BCUT2D eigenvalue weighted by atomic mass is 127. The first-order chi connectivity index (χ1) is 9.88. The van der Waals surface area contributed by atoms with Crippen molar-refractivity contribution < 1.29 is 14.2 Å². The third-order valence-corrected chi connectivity index (χ3v) is 3.15. The zero-order valence-corrected chi connectivity index (χ0v) is 15.4. The number of nitrogens with zero attached hydrogens (tertiary/aromatic N) is 2. The predicted octanol–water partition coefficient (Wildman–Crippen LogP) is 3.80. The van der Waals surface area contributed by atoms with E-state index in [1.54, 1.807) is 12.1 Å². The maximum absolute atomic E-state index is 11.2. The number of benzene rings is 1. The maximum Gasteiger partial charge on any atom is 0.311 e. The molecule has 0 atom stereocenters. The van der Waals surface area contributed by atoms with Gasteiger partial charge in [0.25, 0.3) is 0 Å². The van der Waals surface area contributed by atoms with Crippen LogP contribution in [-0.2, 0) is 7.05 Å². The molecule has 0 unspecified atom stereocenters. The van der Waals surface area contributed by atoms with Gasteiger partial charge < -0.3 is 4.74 Å². The minimum Gasteiger partial charge on any atom is -0.484 e. The summed E-state index contributed by atoms with van der Waals surface area (Å²) in [5.41, 5.74) is 2.81. The van der Waals surface area contributed by atoms with Gasteiger partial charge >= 0.3 is 5.69 Å². The van der Waals surface area contributed by atoms with Crippen LogP contribution in [0.5, 0.6) is 5.75 Å². The molecule has 0 saturated heterocycles. The van der Waals surface area contributed by atoms with E-state index in [2.05, 4.69) is 0 Å². The largest absolute Gasteiger partial charge is 0.484 e. The van der Waals surface area contributed by atoms with Gasteiger partial charge in [-0.2, -0.15) is 0 Å². The Morgan fingerprint density at radius 1 is 1.23 bits per heavy atom. The van der Waals surface area contributed by atoms with Gasteiger partial charge in [-0.15, -0.1) is 24.0 Å². The van der Waals surface area contributed by atoms with Crippen molar-refractivity contribution >= 4 is 29.7 Å². The number of rotatable bonds is 4. The van der Waals surface area contributed by atoms with E-state index in [0.717, 1.165) is 16.7 Å². The number of nitro groups is 1. The molecule has 0 fully saturated rings. The Kier molecular flexibility index (Phi) is 6.28. The summed E-state index contributed by atoms with van der Waals surface area (Å²) in [7, 11) is 1.94. The van der Waals surface area contributed by atoms with Crippen molar-refractivity contribution in [2.75, 3.05) is 0 Å². The lowest BCUT2D eigenvalue weighted by Gasteiger charge is -2.13. The van der Waals surface area contributed by atoms with Crippen molar-refractivity contribution in [3.63, 3.8) is 0 Å². The molecule has 1 heterocycles. The Labute approximate surface area is 147 Å². The number of pyridine rings is 1. The predicted molar refractivity (Wildman–Crippen MR) is 95.6 cm³/mol. The van der Waals surface area contributed by atoms with E-state index in [-0.39, 0.29) is 35.8 Å². The summed E-state index contributed by atoms with van der Waals surface area (Å²) < 4.78 is 7.54. The lowest BCUT2D eigenvalue weighted by molar-refractivity contribution is -0.671. The normalized spacial score (nSPS) is 10.2. The summed E-state index contributed by atoms with van der Waals surface area (Å²) in [5.74, 6) is 0.309. The van der Waals surface area contributed by atoms with Crippen LogP contribution in [0.4, 0.5) is 5.69 Å². The lowest BCUT2D eigenvalue weighted by Crippen LogP contribution is -2.25. The molecule has 2 aromatic rings. The summed E-state index contributed by atoms with van der Waals surface area (Å²) in [4.78, 5) is 10.8. The lowest BCUT2D eigenvalue weighted by atomic mass is 10.0. The summed E-state index contributed by atoms with van der Waals surface area (Å²) in [6.07, 6.45) is 3.77. The van der Waals surface area contributed by atoms with Crippen molar-refractivity contribution in [3.8, 4) is 16.9 Å². The number of halogens is 1. The van der Waals surface area contributed by atoms with Crippen LogP contribution in [0.3, 0.4) is 0 Å². The highest BCUT2D eigenvalue weighted by Gasteiger charge is 2.19. The molecule has 0 spiro atoms. The summed E-state index contributed by atoms with van der Waals surface area (Å²) >= 11 is 0. The molecule has 5 nitrogen and oxygen atoms in total. The molecular formula is C16H20IN2O3+. The summed E-state index contributed by atoms with van der Waals surface area (Å²) in [5, 5.41) is 11.2. The van der Waals surface area contributed by atoms with Crippen LogP contribution >= 0.6 is 24.0 Å². The van der Waals surface area contributed by atoms with Crippen LogP contribution in [0.25, 0.3) is 11.1 Å². The first-order valence-electron chi connectivity index (χ1n) is 6.80. The Bertz CT molecular complexity index is 670. The van der Waals surface area contributed by atoms with E-state index in [4.69, 9.17) is 4.74 Å². The molecular weight excluding hydrogens is 395 g/mol. The quantitative estimate of drug-likeness (QED) is 0.331. The molecule has 0 aliphatic heterocycles. The fourth-order valence-electron chi connectivity index (χ4n) is 2.16. The second-order valence-electron chi connectivity index (χ2n) is 5.31. The zero-order valence-electron chi connectivity index (χ0n) is 13.1. The third-order valence-electron chi connectivity index (χ3n) is 3.15. The summed E-state index contributed by atoms with van der Waals surface area (Å²) in [6.45, 7) is 5.58. The maximum atomic E-state index is 11.2. The molecule has 2 rings (SSSR count). The zero-order chi connectivity index (χ0) is 15.6. The Hall–Kier alpha value is -1.70. The highest BCUT2D eigenvalue weighted by molar-refractivity contribution is 14.0. The van der Waals surface area contributed by atoms with Crippen LogP contribution in [0, 0.1) is 17.0 Å². The first kappa shape index (κ1) is 18.3. The van der Waals surface area contributed by atoms with Crippen molar-refractivity contribution in [2.24, 2.45) is 7.05 Å². The fourth-order valence-corrected chi connectivity index (χ4v) is 2.16. The van der Waals surface area contributed by atoms with Gasteiger partial charge in [0.15, 0.2) is 18.1 Å². The molecule has 1 aromatic heterocycles. The van der Waals surface area contributed by atoms with Gasteiger partial charge in [0, 0.05) is 18.2 Å². The van der Waals surface area contributed by atoms with E-state index in [1.165, 1.54) is 0 Å². The van der Waals surface area contributed by atoms with E-state index >= 15 is 0 Å². The van der Waals surface area contributed by atoms with Crippen LogP contribution in [-0.4, -0.2) is 11.0 Å². The number of hydrogen-bond donors (Lipinski definition) is 0. The summed E-state index contributed by atoms with van der Waals surface area (Å²) in [6, 6.07) is 7.28. The smallest absolute Gasteiger partial charge is 0.311 e. The molecule has 0 aliphatic carbocycles. The molecule has 22 heavy (non-hydrogen) atoms. The second-order valence-corrected chi connectivity index (χ2v) is 5.31. The minimum atomic E-state index is -0.403. The van der Waals surface area contributed by atoms with Crippen LogP contribution in [0.1, 0.15) is 19.4 Å². The van der Waals surface area contributed by atoms with E-state index in [0.29, 0.717) is 5.75 Å². The molecule has 6 heteroatoms. The topological polar surface area (TPSA) is 56.3 Å². The molecule has 0 saturated carbocycles. The Balaban J connectivity index is 0.00000242. The highest BCUT2D eigenvalue weighted by Crippen LogP contribution is 2.35. The van der Waals surface area contributed by atoms with Crippen molar-refractivity contribution in [2.45, 2.75) is 26.9 Å². The average Bonchev–Trinajstić information content (AvgIpc) is 2.40. The average molecular weight is 415 g/mol. The van der Waals surface area contributed by atoms with Crippen molar-refractivity contribution in [1.29, 1.82) is 0 Å². The number of aryl methyl sites for hydroxylation is 2. The van der Waals surface area contributed by atoms with Crippen molar-refractivity contribution in [1.82, 2.24) is 0 Å². The molecule has 0 amide bonds. The van der Waals surface area contributed by atoms with E-state index < -0.39 is 4.92 Å². The SMILES string of the molecule is Cc1cc([N+](=O)[O-])c(OC(C)C)cc1-c1cc[n+](C)cc1.I. The molecule has 118 valence electrons.